The Hall–Kier alpha value is -4.12. The Balaban J connectivity index is 1.46. The highest BCUT2D eigenvalue weighted by atomic mass is 16.5. The molecular formula is C28H29N5O3. The van der Waals surface area contributed by atoms with E-state index >= 15 is 0 Å². The molecule has 3 unspecified atom stereocenters. The maximum absolute atomic E-state index is 13.4. The second kappa shape index (κ2) is 10.2. The number of nitriles is 1. The van der Waals surface area contributed by atoms with Crippen LogP contribution in [-0.4, -0.2) is 28.5 Å². The fourth-order valence-corrected chi connectivity index (χ4v) is 5.21. The first-order chi connectivity index (χ1) is 17.6. The molecule has 1 amide bonds. The number of anilines is 2. The molecule has 3 heterocycles. The molecule has 0 radical (unpaired) electrons. The zero-order valence-corrected chi connectivity index (χ0v) is 20.2. The van der Waals surface area contributed by atoms with Crippen LogP contribution < -0.4 is 20.5 Å². The predicted octanol–water partition coefficient (Wildman–Crippen LogP) is 4.34. The van der Waals surface area contributed by atoms with Crippen molar-refractivity contribution in [2.24, 2.45) is 5.92 Å². The first-order valence-electron chi connectivity index (χ1n) is 12.5. The molecule has 184 valence electrons. The summed E-state index contributed by atoms with van der Waals surface area (Å²) in [5.41, 5.74) is 1.73. The van der Waals surface area contributed by atoms with E-state index in [1.165, 1.54) is 0 Å². The van der Waals surface area contributed by atoms with E-state index in [0.717, 1.165) is 37.8 Å². The van der Waals surface area contributed by atoms with Crippen LogP contribution in [0.3, 0.4) is 0 Å². The summed E-state index contributed by atoms with van der Waals surface area (Å²) < 4.78 is 5.88. The van der Waals surface area contributed by atoms with Crippen LogP contribution in [0.25, 0.3) is 0 Å². The molecule has 1 fully saturated rings. The molecule has 1 saturated heterocycles. The number of carbonyl (C=O) groups is 1. The minimum absolute atomic E-state index is 0.236. The predicted molar refractivity (Wildman–Crippen MR) is 137 cm³/mol. The molecule has 0 saturated carbocycles. The molecule has 5 rings (SSSR count). The van der Waals surface area contributed by atoms with Gasteiger partial charge in [0.15, 0.2) is 0 Å². The van der Waals surface area contributed by atoms with Gasteiger partial charge >= 0.3 is 0 Å². The molecule has 0 bridgehead atoms. The number of rotatable bonds is 6. The largest absolute Gasteiger partial charge is 0.489 e. The lowest BCUT2D eigenvalue weighted by molar-refractivity contribution is -0.119. The van der Waals surface area contributed by atoms with Gasteiger partial charge in [-0.15, -0.1) is 0 Å². The molecule has 3 aromatic rings. The van der Waals surface area contributed by atoms with Gasteiger partial charge in [0.25, 0.3) is 5.56 Å². The number of nitrogens with one attached hydrogen (secondary N) is 2. The minimum Gasteiger partial charge on any atom is -0.489 e. The lowest BCUT2D eigenvalue weighted by Gasteiger charge is -2.36. The zero-order valence-electron chi connectivity index (χ0n) is 20.2. The van der Waals surface area contributed by atoms with Gasteiger partial charge in [0.2, 0.25) is 11.9 Å². The lowest BCUT2D eigenvalue weighted by Crippen LogP contribution is -2.43. The van der Waals surface area contributed by atoms with Gasteiger partial charge in [0.1, 0.15) is 24.1 Å². The third-order valence-electron chi connectivity index (χ3n) is 7.11. The first kappa shape index (κ1) is 23.6. The van der Waals surface area contributed by atoms with Crippen molar-refractivity contribution in [3.05, 3.63) is 81.6 Å². The van der Waals surface area contributed by atoms with Crippen molar-refractivity contribution in [2.75, 3.05) is 16.8 Å². The highest BCUT2D eigenvalue weighted by Crippen LogP contribution is 2.39. The monoisotopic (exact) mass is 483 g/mol. The third kappa shape index (κ3) is 4.57. The molecule has 0 aliphatic carbocycles. The van der Waals surface area contributed by atoms with Gasteiger partial charge in [0.05, 0.1) is 11.6 Å². The first-order valence-corrected chi connectivity index (χ1v) is 12.5. The van der Waals surface area contributed by atoms with E-state index in [4.69, 9.17) is 4.74 Å². The highest BCUT2D eigenvalue weighted by Gasteiger charge is 2.40. The van der Waals surface area contributed by atoms with Crippen LogP contribution in [0.5, 0.6) is 5.75 Å². The quantitative estimate of drug-likeness (QED) is 0.540. The van der Waals surface area contributed by atoms with Crippen molar-refractivity contribution in [1.82, 2.24) is 9.97 Å². The third-order valence-corrected chi connectivity index (χ3v) is 7.11. The number of piperidine rings is 1. The van der Waals surface area contributed by atoms with Crippen molar-refractivity contribution in [3.8, 4) is 11.8 Å². The lowest BCUT2D eigenvalue weighted by atomic mass is 9.79. The standard InChI is InChI=1S/C28H29N5O3/c1-2-20-10-6-7-15-33(20)28-31-25-24(27(35)32-28)23(22(16-29)26(34)30-25)19-11-13-21(14-12-19)36-17-18-8-4-3-5-9-18/h3-5,8-9,11-14,20,22-23H,2,6-7,10,15,17H2,1H3,(H2,30,31,32,34,35). The number of aromatic nitrogens is 2. The van der Waals surface area contributed by atoms with Crippen LogP contribution in [0.2, 0.25) is 0 Å². The zero-order chi connectivity index (χ0) is 25.1. The molecule has 2 N–H and O–H groups in total. The Morgan fingerprint density at radius 1 is 1.11 bits per heavy atom. The topological polar surface area (TPSA) is 111 Å². The number of fused-ring (bicyclic) bond motifs is 1. The van der Waals surface area contributed by atoms with E-state index in [1.807, 2.05) is 42.5 Å². The van der Waals surface area contributed by atoms with Gasteiger partial charge in [-0.05, 0) is 48.9 Å². The number of carbonyl (C=O) groups excluding carboxylic acids is 1. The Kier molecular flexibility index (Phi) is 6.72. The Labute approximate surface area is 209 Å². The number of hydrogen-bond acceptors (Lipinski definition) is 6. The van der Waals surface area contributed by atoms with Gasteiger partial charge in [-0.25, -0.2) is 0 Å². The van der Waals surface area contributed by atoms with Gasteiger partial charge < -0.3 is 15.0 Å². The Morgan fingerprint density at radius 2 is 1.89 bits per heavy atom. The van der Waals surface area contributed by atoms with E-state index in [0.29, 0.717) is 35.5 Å². The summed E-state index contributed by atoms with van der Waals surface area (Å²) in [4.78, 5) is 36.0. The normalized spacial score (nSPS) is 21.3. The van der Waals surface area contributed by atoms with Crippen molar-refractivity contribution in [2.45, 2.75) is 51.2 Å². The summed E-state index contributed by atoms with van der Waals surface area (Å²) in [6, 6.07) is 19.5. The van der Waals surface area contributed by atoms with E-state index in [1.54, 1.807) is 12.1 Å². The number of ether oxygens (including phenoxy) is 1. The molecule has 8 heteroatoms. The highest BCUT2D eigenvalue weighted by molar-refractivity contribution is 5.98. The minimum atomic E-state index is -1.04. The average Bonchev–Trinajstić information content (AvgIpc) is 2.92. The maximum atomic E-state index is 13.4. The Morgan fingerprint density at radius 3 is 2.61 bits per heavy atom. The number of amides is 1. The molecule has 2 aliphatic rings. The van der Waals surface area contributed by atoms with Crippen LogP contribution >= 0.6 is 0 Å². The van der Waals surface area contributed by atoms with Crippen molar-refractivity contribution in [3.63, 3.8) is 0 Å². The fourth-order valence-electron chi connectivity index (χ4n) is 5.21. The average molecular weight is 484 g/mol. The smallest absolute Gasteiger partial charge is 0.258 e. The van der Waals surface area contributed by atoms with Crippen molar-refractivity contribution >= 4 is 17.7 Å². The molecule has 3 atom stereocenters. The van der Waals surface area contributed by atoms with Gasteiger partial charge in [-0.3, -0.25) is 14.6 Å². The summed E-state index contributed by atoms with van der Waals surface area (Å²) in [7, 11) is 0. The van der Waals surface area contributed by atoms with Crippen LogP contribution in [-0.2, 0) is 11.4 Å². The fraction of sp³-hybridized carbons (Fsp3) is 0.357. The van der Waals surface area contributed by atoms with Gasteiger partial charge in [-0.1, -0.05) is 49.4 Å². The van der Waals surface area contributed by atoms with Gasteiger partial charge in [-0.2, -0.15) is 10.2 Å². The van der Waals surface area contributed by atoms with Crippen LogP contribution in [0.15, 0.2) is 59.4 Å². The SMILES string of the molecule is CCC1CCCCN1c1nc2c(c(=O)[nH]1)C(c1ccc(OCc3ccccc3)cc1)C(C#N)C(=O)N2. The number of benzene rings is 2. The van der Waals surface area contributed by atoms with Crippen LogP contribution in [0, 0.1) is 17.2 Å². The van der Waals surface area contributed by atoms with Crippen molar-refractivity contribution < 1.29 is 9.53 Å². The van der Waals surface area contributed by atoms with E-state index in [9.17, 15) is 14.9 Å². The second-order valence-electron chi connectivity index (χ2n) is 9.32. The second-order valence-corrected chi connectivity index (χ2v) is 9.32. The summed E-state index contributed by atoms with van der Waals surface area (Å²) >= 11 is 0. The molecule has 36 heavy (non-hydrogen) atoms. The van der Waals surface area contributed by atoms with Crippen LogP contribution in [0.4, 0.5) is 11.8 Å². The molecular weight excluding hydrogens is 454 g/mol. The van der Waals surface area contributed by atoms with E-state index in [2.05, 4.69) is 33.2 Å². The van der Waals surface area contributed by atoms with E-state index < -0.39 is 17.7 Å². The maximum Gasteiger partial charge on any atom is 0.258 e. The molecule has 2 aliphatic heterocycles. The summed E-state index contributed by atoms with van der Waals surface area (Å²) in [6.45, 7) is 3.36. The number of H-pyrrole nitrogens is 1. The number of aromatic amines is 1. The summed E-state index contributed by atoms with van der Waals surface area (Å²) in [5.74, 6) is -0.843. The molecule has 1 aromatic heterocycles. The van der Waals surface area contributed by atoms with Crippen LogP contribution in [0.1, 0.15) is 55.2 Å². The van der Waals surface area contributed by atoms with Crippen molar-refractivity contribution in [1.29, 1.82) is 5.26 Å². The molecule has 2 aromatic carbocycles. The molecule has 8 nitrogen and oxygen atoms in total. The summed E-state index contributed by atoms with van der Waals surface area (Å²) in [5, 5.41) is 12.5. The molecule has 0 spiro atoms. The van der Waals surface area contributed by atoms with Gasteiger partial charge in [0, 0.05) is 18.5 Å². The number of nitrogens with zero attached hydrogens (tertiary/aromatic N) is 3. The number of hydrogen-bond donors (Lipinski definition) is 2. The summed E-state index contributed by atoms with van der Waals surface area (Å²) in [6.07, 6.45) is 4.17. The van der Waals surface area contributed by atoms with E-state index in [-0.39, 0.29) is 11.4 Å². The Bertz CT molecular complexity index is 1330.